The van der Waals surface area contributed by atoms with Gasteiger partial charge in [0, 0.05) is 36.6 Å². The standard InChI is InChI=1S/C20H21N5O3/c1-28-17-4-2-3-14(9-17)18(13-26)24-7-8-25(20(24)27)19-6-5-15(10-21-19)16-11-22-23-12-16/h2-6,9-12,18,26H,7-8,13H2,1H3,(H,22,23). The molecule has 1 aliphatic heterocycles. The first kappa shape index (κ1) is 18.0. The molecule has 1 aliphatic rings. The molecule has 1 unspecified atom stereocenters. The monoisotopic (exact) mass is 379 g/mol. The number of methoxy groups -OCH3 is 1. The van der Waals surface area contributed by atoms with Crippen molar-refractivity contribution in [2.24, 2.45) is 0 Å². The number of amides is 2. The van der Waals surface area contributed by atoms with Crippen molar-refractivity contribution in [1.82, 2.24) is 20.1 Å². The van der Waals surface area contributed by atoms with Gasteiger partial charge >= 0.3 is 6.03 Å². The third kappa shape index (κ3) is 3.29. The number of rotatable bonds is 6. The highest BCUT2D eigenvalue weighted by Gasteiger charge is 2.35. The highest BCUT2D eigenvalue weighted by atomic mass is 16.5. The fourth-order valence-corrected chi connectivity index (χ4v) is 3.41. The molecule has 2 N–H and O–H groups in total. The molecule has 2 aromatic heterocycles. The lowest BCUT2D eigenvalue weighted by Crippen LogP contribution is -2.36. The van der Waals surface area contributed by atoms with Crippen molar-refractivity contribution in [3.63, 3.8) is 0 Å². The zero-order valence-corrected chi connectivity index (χ0v) is 15.4. The fourth-order valence-electron chi connectivity index (χ4n) is 3.41. The van der Waals surface area contributed by atoms with E-state index in [2.05, 4.69) is 15.2 Å². The fraction of sp³-hybridized carbons (Fsp3) is 0.250. The molecule has 4 rings (SSSR count). The van der Waals surface area contributed by atoms with Crippen molar-refractivity contribution in [3.05, 3.63) is 60.6 Å². The van der Waals surface area contributed by atoms with Crippen LogP contribution in [0, 0.1) is 0 Å². The highest BCUT2D eigenvalue weighted by molar-refractivity contribution is 5.93. The Labute approximate surface area is 162 Å². The van der Waals surface area contributed by atoms with Crippen LogP contribution in [0.3, 0.4) is 0 Å². The summed E-state index contributed by atoms with van der Waals surface area (Å²) in [5.74, 6) is 1.28. The van der Waals surface area contributed by atoms with Gasteiger partial charge in [-0.05, 0) is 29.8 Å². The van der Waals surface area contributed by atoms with Crippen LogP contribution in [0.1, 0.15) is 11.6 Å². The van der Waals surface area contributed by atoms with E-state index in [1.807, 2.05) is 36.4 Å². The van der Waals surface area contributed by atoms with Crippen molar-refractivity contribution >= 4 is 11.8 Å². The Morgan fingerprint density at radius 2 is 2.11 bits per heavy atom. The van der Waals surface area contributed by atoms with Gasteiger partial charge in [0.15, 0.2) is 0 Å². The van der Waals surface area contributed by atoms with Gasteiger partial charge in [-0.2, -0.15) is 5.10 Å². The van der Waals surface area contributed by atoms with E-state index in [4.69, 9.17) is 4.74 Å². The summed E-state index contributed by atoms with van der Waals surface area (Å²) >= 11 is 0. The number of carbonyl (C=O) groups excluding carboxylic acids is 1. The summed E-state index contributed by atoms with van der Waals surface area (Å²) < 4.78 is 5.26. The number of aliphatic hydroxyl groups excluding tert-OH is 1. The Balaban J connectivity index is 1.53. The van der Waals surface area contributed by atoms with Crippen LogP contribution in [-0.2, 0) is 0 Å². The molecule has 0 bridgehead atoms. The van der Waals surface area contributed by atoms with E-state index in [1.54, 1.807) is 35.5 Å². The number of aromatic amines is 1. The number of pyridine rings is 1. The van der Waals surface area contributed by atoms with E-state index in [9.17, 15) is 9.90 Å². The van der Waals surface area contributed by atoms with E-state index in [0.717, 1.165) is 16.7 Å². The van der Waals surface area contributed by atoms with Gasteiger partial charge in [-0.25, -0.2) is 9.78 Å². The Morgan fingerprint density at radius 1 is 1.21 bits per heavy atom. The maximum atomic E-state index is 13.0. The number of anilines is 1. The highest BCUT2D eigenvalue weighted by Crippen LogP contribution is 2.29. The largest absolute Gasteiger partial charge is 0.497 e. The third-order valence-electron chi connectivity index (χ3n) is 4.92. The third-order valence-corrected chi connectivity index (χ3v) is 4.92. The van der Waals surface area contributed by atoms with Gasteiger partial charge in [-0.15, -0.1) is 0 Å². The molecule has 1 fully saturated rings. The number of hydrogen-bond donors (Lipinski definition) is 2. The molecular weight excluding hydrogens is 358 g/mol. The molecular formula is C20H21N5O3. The normalized spacial score (nSPS) is 15.1. The molecule has 8 nitrogen and oxygen atoms in total. The molecule has 8 heteroatoms. The topological polar surface area (TPSA) is 94.6 Å². The molecule has 28 heavy (non-hydrogen) atoms. The molecule has 0 aliphatic carbocycles. The number of ether oxygens (including phenoxy) is 1. The van der Waals surface area contributed by atoms with E-state index in [0.29, 0.717) is 24.7 Å². The lowest BCUT2D eigenvalue weighted by molar-refractivity contribution is 0.153. The number of hydrogen-bond acceptors (Lipinski definition) is 5. The molecule has 0 spiro atoms. The maximum Gasteiger partial charge on any atom is 0.326 e. The molecule has 0 radical (unpaired) electrons. The minimum atomic E-state index is -0.433. The summed E-state index contributed by atoms with van der Waals surface area (Å²) in [4.78, 5) is 20.7. The van der Waals surface area contributed by atoms with Crippen LogP contribution in [0.5, 0.6) is 5.75 Å². The first-order valence-corrected chi connectivity index (χ1v) is 8.99. The Bertz CT molecular complexity index is 943. The van der Waals surface area contributed by atoms with Gasteiger partial charge in [-0.3, -0.25) is 10.00 Å². The van der Waals surface area contributed by atoms with Crippen molar-refractivity contribution in [2.45, 2.75) is 6.04 Å². The second-order valence-corrected chi connectivity index (χ2v) is 6.49. The van der Waals surface area contributed by atoms with Crippen LogP contribution in [0.25, 0.3) is 11.1 Å². The lowest BCUT2D eigenvalue weighted by atomic mass is 10.1. The molecule has 1 saturated heterocycles. The molecule has 1 atom stereocenters. The average molecular weight is 379 g/mol. The smallest absolute Gasteiger partial charge is 0.326 e. The SMILES string of the molecule is COc1cccc(C(CO)N2CCN(c3ccc(-c4cn[nH]c4)cn3)C2=O)c1. The van der Waals surface area contributed by atoms with Crippen molar-refractivity contribution in [1.29, 1.82) is 0 Å². The zero-order chi connectivity index (χ0) is 19.5. The molecule has 2 amide bonds. The summed E-state index contributed by atoms with van der Waals surface area (Å²) in [7, 11) is 1.59. The summed E-state index contributed by atoms with van der Waals surface area (Å²) in [6.45, 7) is 0.851. The van der Waals surface area contributed by atoms with Crippen LogP contribution < -0.4 is 9.64 Å². The first-order valence-electron chi connectivity index (χ1n) is 8.99. The first-order chi connectivity index (χ1) is 13.7. The van der Waals surface area contributed by atoms with Crippen molar-refractivity contribution in [2.75, 3.05) is 31.7 Å². The number of aromatic nitrogens is 3. The average Bonchev–Trinajstić information content (AvgIpc) is 3.40. The summed E-state index contributed by atoms with van der Waals surface area (Å²) in [5.41, 5.74) is 2.69. The lowest BCUT2D eigenvalue weighted by Gasteiger charge is -2.27. The Kier molecular flexibility index (Phi) is 4.94. The Hall–Kier alpha value is -3.39. The maximum absolute atomic E-state index is 13.0. The molecule has 0 saturated carbocycles. The van der Waals surface area contributed by atoms with E-state index in [1.165, 1.54) is 0 Å². The number of nitrogens with zero attached hydrogens (tertiary/aromatic N) is 4. The zero-order valence-electron chi connectivity index (χ0n) is 15.4. The summed E-state index contributed by atoms with van der Waals surface area (Å²) in [5, 5.41) is 16.6. The van der Waals surface area contributed by atoms with Gasteiger partial charge in [-0.1, -0.05) is 12.1 Å². The van der Waals surface area contributed by atoms with E-state index < -0.39 is 6.04 Å². The van der Waals surface area contributed by atoms with Crippen LogP contribution in [-0.4, -0.2) is 58.0 Å². The summed E-state index contributed by atoms with van der Waals surface area (Å²) in [6, 6.07) is 10.5. The van der Waals surface area contributed by atoms with Crippen LogP contribution in [0.4, 0.5) is 10.6 Å². The number of H-pyrrole nitrogens is 1. The van der Waals surface area contributed by atoms with Gasteiger partial charge < -0.3 is 14.7 Å². The van der Waals surface area contributed by atoms with E-state index >= 15 is 0 Å². The van der Waals surface area contributed by atoms with Crippen LogP contribution in [0.2, 0.25) is 0 Å². The number of carbonyl (C=O) groups is 1. The number of urea groups is 1. The van der Waals surface area contributed by atoms with Crippen LogP contribution >= 0.6 is 0 Å². The van der Waals surface area contributed by atoms with Crippen molar-refractivity contribution in [3.8, 4) is 16.9 Å². The van der Waals surface area contributed by atoms with Gasteiger partial charge in [0.2, 0.25) is 0 Å². The van der Waals surface area contributed by atoms with Gasteiger partial charge in [0.05, 0.1) is 26.0 Å². The molecule has 3 heterocycles. The molecule has 144 valence electrons. The number of aliphatic hydroxyl groups is 1. The molecule has 3 aromatic rings. The minimum Gasteiger partial charge on any atom is -0.497 e. The minimum absolute atomic E-state index is 0.167. The number of nitrogens with one attached hydrogen (secondary N) is 1. The van der Waals surface area contributed by atoms with E-state index in [-0.39, 0.29) is 12.6 Å². The Morgan fingerprint density at radius 3 is 2.79 bits per heavy atom. The predicted molar refractivity (Wildman–Crippen MR) is 104 cm³/mol. The molecule has 1 aromatic carbocycles. The summed E-state index contributed by atoms with van der Waals surface area (Å²) in [6.07, 6.45) is 5.24. The second-order valence-electron chi connectivity index (χ2n) is 6.49. The number of benzene rings is 1. The predicted octanol–water partition coefficient (Wildman–Crippen LogP) is 2.46. The van der Waals surface area contributed by atoms with Gasteiger partial charge in [0.1, 0.15) is 11.6 Å². The van der Waals surface area contributed by atoms with Gasteiger partial charge in [0.25, 0.3) is 0 Å². The second kappa shape index (κ2) is 7.69. The quantitative estimate of drug-likeness (QED) is 0.686. The van der Waals surface area contributed by atoms with Crippen LogP contribution in [0.15, 0.2) is 55.0 Å². The van der Waals surface area contributed by atoms with Crippen molar-refractivity contribution < 1.29 is 14.6 Å².